The zero-order valence-corrected chi connectivity index (χ0v) is 29.1. The maximum absolute atomic E-state index is 14.5. The third-order valence-electron chi connectivity index (χ3n) is 7.11. The number of amides is 2. The van der Waals surface area contributed by atoms with Crippen molar-refractivity contribution < 1.29 is 18.0 Å². The quantitative estimate of drug-likeness (QED) is 0.174. The molecule has 0 saturated carbocycles. The fourth-order valence-corrected chi connectivity index (χ4v) is 6.62. The Morgan fingerprint density at radius 3 is 2.02 bits per heavy atom. The summed E-state index contributed by atoms with van der Waals surface area (Å²) in [4.78, 5) is 29.9. The average molecular weight is 701 g/mol. The predicted molar refractivity (Wildman–Crippen MR) is 186 cm³/mol. The van der Waals surface area contributed by atoms with Gasteiger partial charge in [0.1, 0.15) is 12.6 Å². The fraction of sp³-hybridized carbons (Fsp3) is 0.257. The molecule has 0 aromatic heterocycles. The van der Waals surface area contributed by atoms with Crippen LogP contribution in [0.1, 0.15) is 37.5 Å². The Balaban J connectivity index is 1.83. The number of sulfonamides is 1. The lowest BCUT2D eigenvalue weighted by atomic mass is 10.0. The molecule has 0 aliphatic heterocycles. The summed E-state index contributed by atoms with van der Waals surface area (Å²) in [6.07, 6.45) is 0.194. The van der Waals surface area contributed by atoms with Gasteiger partial charge in [-0.2, -0.15) is 0 Å². The van der Waals surface area contributed by atoms with E-state index >= 15 is 0 Å². The minimum atomic E-state index is -4.28. The van der Waals surface area contributed by atoms with E-state index in [4.69, 9.17) is 34.8 Å². The Hall–Kier alpha value is -3.56. The molecule has 0 unspecified atom stereocenters. The van der Waals surface area contributed by atoms with Gasteiger partial charge in [0.15, 0.2) is 0 Å². The molecule has 46 heavy (non-hydrogen) atoms. The van der Waals surface area contributed by atoms with Crippen molar-refractivity contribution in [2.45, 2.75) is 57.1 Å². The predicted octanol–water partition coefficient (Wildman–Crippen LogP) is 7.71. The van der Waals surface area contributed by atoms with E-state index in [-0.39, 0.29) is 39.5 Å². The van der Waals surface area contributed by atoms with Crippen LogP contribution in [0.25, 0.3) is 0 Å². The first kappa shape index (κ1) is 35.3. The highest BCUT2D eigenvalue weighted by atomic mass is 35.5. The number of hydrogen-bond acceptors (Lipinski definition) is 4. The fourth-order valence-electron chi connectivity index (χ4n) is 4.80. The molecule has 0 saturated heterocycles. The Labute approximate surface area is 286 Å². The lowest BCUT2D eigenvalue weighted by Gasteiger charge is -2.35. The Morgan fingerprint density at radius 2 is 1.43 bits per heavy atom. The normalized spacial score (nSPS) is 12.3. The van der Waals surface area contributed by atoms with Gasteiger partial charge in [0.05, 0.1) is 20.6 Å². The maximum atomic E-state index is 14.5. The van der Waals surface area contributed by atoms with Crippen LogP contribution >= 0.6 is 34.8 Å². The number of hydrogen-bond donors (Lipinski definition) is 1. The number of rotatable bonds is 11. The van der Waals surface area contributed by atoms with E-state index < -0.39 is 34.1 Å². The lowest BCUT2D eigenvalue weighted by molar-refractivity contribution is -0.140. The van der Waals surface area contributed by atoms with Crippen molar-refractivity contribution in [1.29, 1.82) is 0 Å². The third kappa shape index (κ3) is 9.26. The lowest BCUT2D eigenvalue weighted by Crippen LogP contribution is -2.56. The van der Waals surface area contributed by atoms with Crippen LogP contribution in [-0.4, -0.2) is 43.3 Å². The second-order valence-corrected chi connectivity index (χ2v) is 15.1. The molecule has 7 nitrogen and oxygen atoms in total. The molecule has 0 fully saturated rings. The molecule has 0 heterocycles. The van der Waals surface area contributed by atoms with Gasteiger partial charge in [-0.25, -0.2) is 8.42 Å². The first-order valence-electron chi connectivity index (χ1n) is 14.6. The van der Waals surface area contributed by atoms with Crippen LogP contribution in [0.3, 0.4) is 0 Å². The van der Waals surface area contributed by atoms with Crippen LogP contribution in [-0.2, 0) is 32.6 Å². The number of nitrogens with one attached hydrogen (secondary N) is 1. The third-order valence-corrected chi connectivity index (χ3v) is 9.89. The molecule has 0 radical (unpaired) electrons. The number of carbonyl (C=O) groups excluding carboxylic acids is 2. The Kier molecular flexibility index (Phi) is 11.4. The minimum absolute atomic E-state index is 0.00691. The van der Waals surface area contributed by atoms with Crippen LogP contribution in [0, 0.1) is 6.92 Å². The van der Waals surface area contributed by atoms with Gasteiger partial charge in [-0.1, -0.05) is 95.0 Å². The minimum Gasteiger partial charge on any atom is -0.350 e. The van der Waals surface area contributed by atoms with Crippen molar-refractivity contribution in [2.75, 3.05) is 10.8 Å². The van der Waals surface area contributed by atoms with Crippen molar-refractivity contribution in [3.63, 3.8) is 0 Å². The summed E-state index contributed by atoms with van der Waals surface area (Å²) in [6, 6.07) is 26.0. The number of halogens is 3. The molecular formula is C35H36Cl3N3O4S. The summed E-state index contributed by atoms with van der Waals surface area (Å²) in [5.74, 6) is -0.970. The standard InChI is InChI=1S/C35H36Cl3N3O4S/c1-24-10-17-29(18-11-24)46(44,45)41(28-16-19-30(37)31(38)21-28)23-33(42)40(22-26-12-14-27(36)15-13-26)32(34(43)39-35(2,3)4)20-25-8-6-5-7-9-25/h5-19,21,32H,20,22-23H2,1-4H3,(H,39,43)/t32-/m1/s1. The van der Waals surface area contributed by atoms with Crippen molar-refractivity contribution in [3.8, 4) is 0 Å². The van der Waals surface area contributed by atoms with Gasteiger partial charge >= 0.3 is 0 Å². The highest BCUT2D eigenvalue weighted by molar-refractivity contribution is 7.92. The van der Waals surface area contributed by atoms with Gasteiger partial charge in [-0.3, -0.25) is 13.9 Å². The van der Waals surface area contributed by atoms with Crippen LogP contribution in [0.15, 0.2) is 102 Å². The maximum Gasteiger partial charge on any atom is 0.264 e. The van der Waals surface area contributed by atoms with E-state index in [9.17, 15) is 18.0 Å². The smallest absolute Gasteiger partial charge is 0.264 e. The summed E-state index contributed by atoms with van der Waals surface area (Å²) in [5, 5.41) is 3.89. The zero-order valence-electron chi connectivity index (χ0n) is 26.0. The SMILES string of the molecule is Cc1ccc(S(=O)(=O)N(CC(=O)N(Cc2ccc(Cl)cc2)[C@H](Cc2ccccc2)C(=O)NC(C)(C)C)c2ccc(Cl)c(Cl)c2)cc1. The first-order valence-corrected chi connectivity index (χ1v) is 17.2. The van der Waals surface area contributed by atoms with E-state index in [2.05, 4.69) is 5.32 Å². The number of benzene rings is 4. The summed E-state index contributed by atoms with van der Waals surface area (Å²) < 4.78 is 29.3. The summed E-state index contributed by atoms with van der Waals surface area (Å²) in [6.45, 7) is 6.82. The second kappa shape index (κ2) is 14.9. The molecular weight excluding hydrogens is 665 g/mol. The molecule has 4 aromatic carbocycles. The highest BCUT2D eigenvalue weighted by Crippen LogP contribution is 2.31. The Morgan fingerprint density at radius 1 is 0.804 bits per heavy atom. The number of aryl methyl sites for hydroxylation is 1. The zero-order chi connectivity index (χ0) is 33.6. The average Bonchev–Trinajstić information content (AvgIpc) is 2.99. The second-order valence-electron chi connectivity index (χ2n) is 12.0. The van der Waals surface area contributed by atoms with E-state index in [1.807, 2.05) is 58.0 Å². The van der Waals surface area contributed by atoms with Crippen molar-refractivity contribution in [1.82, 2.24) is 10.2 Å². The van der Waals surface area contributed by atoms with E-state index in [0.717, 1.165) is 15.4 Å². The summed E-state index contributed by atoms with van der Waals surface area (Å²) in [7, 11) is -4.28. The van der Waals surface area contributed by atoms with Gasteiger partial charge in [0.2, 0.25) is 11.8 Å². The first-order chi connectivity index (χ1) is 21.6. The summed E-state index contributed by atoms with van der Waals surface area (Å²) in [5.41, 5.74) is 1.97. The molecule has 11 heteroatoms. The van der Waals surface area contributed by atoms with Crippen LogP contribution in [0.4, 0.5) is 5.69 Å². The van der Waals surface area contributed by atoms with Crippen LogP contribution in [0.2, 0.25) is 15.1 Å². The van der Waals surface area contributed by atoms with Crippen LogP contribution < -0.4 is 9.62 Å². The van der Waals surface area contributed by atoms with E-state index in [1.165, 1.54) is 35.2 Å². The topological polar surface area (TPSA) is 86.8 Å². The van der Waals surface area contributed by atoms with Crippen molar-refractivity contribution >= 4 is 62.3 Å². The molecule has 4 rings (SSSR count). The molecule has 242 valence electrons. The highest BCUT2D eigenvalue weighted by Gasteiger charge is 2.35. The molecule has 0 bridgehead atoms. The molecule has 0 aliphatic carbocycles. The number of nitrogens with zero attached hydrogens (tertiary/aromatic N) is 2. The number of anilines is 1. The molecule has 1 atom stereocenters. The van der Waals surface area contributed by atoms with Crippen molar-refractivity contribution in [3.05, 3.63) is 129 Å². The van der Waals surface area contributed by atoms with Gasteiger partial charge in [0, 0.05) is 23.5 Å². The largest absolute Gasteiger partial charge is 0.350 e. The Bertz CT molecular complexity index is 1780. The molecule has 2 amide bonds. The molecule has 0 spiro atoms. The van der Waals surface area contributed by atoms with Crippen molar-refractivity contribution in [2.24, 2.45) is 0 Å². The van der Waals surface area contributed by atoms with E-state index in [1.54, 1.807) is 36.4 Å². The molecule has 0 aliphatic rings. The number of carbonyl (C=O) groups is 2. The van der Waals surface area contributed by atoms with Crippen LogP contribution in [0.5, 0.6) is 0 Å². The van der Waals surface area contributed by atoms with Gasteiger partial charge in [0.25, 0.3) is 10.0 Å². The molecule has 4 aromatic rings. The monoisotopic (exact) mass is 699 g/mol. The van der Waals surface area contributed by atoms with E-state index in [0.29, 0.717) is 10.6 Å². The summed E-state index contributed by atoms with van der Waals surface area (Å²) >= 11 is 18.6. The molecule has 1 N–H and O–H groups in total. The van der Waals surface area contributed by atoms with Gasteiger partial charge in [-0.05, 0) is 81.3 Å². The van der Waals surface area contributed by atoms with Gasteiger partial charge < -0.3 is 10.2 Å². The van der Waals surface area contributed by atoms with Gasteiger partial charge in [-0.15, -0.1) is 0 Å².